The molecule has 1 aromatic rings. The maximum absolute atomic E-state index is 5.98. The summed E-state index contributed by atoms with van der Waals surface area (Å²) in [5.41, 5.74) is 4.02. The third-order valence-electron chi connectivity index (χ3n) is 4.33. The summed E-state index contributed by atoms with van der Waals surface area (Å²) >= 11 is 0. The van der Waals surface area contributed by atoms with E-state index < -0.39 is 0 Å². The highest BCUT2D eigenvalue weighted by atomic mass is 16.6. The van der Waals surface area contributed by atoms with Crippen molar-refractivity contribution >= 4 is 0 Å². The number of rotatable bonds is 3. The molecule has 2 aliphatic heterocycles. The second-order valence-electron chi connectivity index (χ2n) is 5.68. The molecular formula is C13H22N4O2. The molecule has 2 fully saturated rings. The molecule has 3 rings (SSSR count). The van der Waals surface area contributed by atoms with E-state index in [1.54, 1.807) is 0 Å². The van der Waals surface area contributed by atoms with Crippen LogP contribution in [0.1, 0.15) is 30.9 Å². The molecule has 1 spiro atoms. The zero-order chi connectivity index (χ0) is 13.3. The van der Waals surface area contributed by atoms with Gasteiger partial charge in [-0.15, -0.1) is 0 Å². The molecule has 2 saturated heterocycles. The minimum Gasteiger partial charge on any atom is -0.378 e. The fourth-order valence-corrected chi connectivity index (χ4v) is 3.32. The Kier molecular flexibility index (Phi) is 3.58. The molecule has 19 heavy (non-hydrogen) atoms. The number of nitrogens with zero attached hydrogens (tertiary/aromatic N) is 2. The summed E-state index contributed by atoms with van der Waals surface area (Å²) < 4.78 is 13.3. The average Bonchev–Trinajstić information content (AvgIpc) is 3.01. The van der Waals surface area contributed by atoms with E-state index in [-0.39, 0.29) is 11.6 Å². The van der Waals surface area contributed by atoms with Gasteiger partial charge in [0.25, 0.3) is 0 Å². The van der Waals surface area contributed by atoms with Crippen LogP contribution in [0.2, 0.25) is 0 Å². The van der Waals surface area contributed by atoms with Crippen LogP contribution in [0.25, 0.3) is 0 Å². The van der Waals surface area contributed by atoms with Gasteiger partial charge in [-0.3, -0.25) is 16.0 Å². The smallest absolute Gasteiger partial charge is 0.0940 e. The average molecular weight is 266 g/mol. The van der Waals surface area contributed by atoms with Gasteiger partial charge in [-0.05, 0) is 18.8 Å². The van der Waals surface area contributed by atoms with Crippen LogP contribution >= 0.6 is 0 Å². The van der Waals surface area contributed by atoms with Crippen molar-refractivity contribution < 1.29 is 9.47 Å². The Morgan fingerprint density at radius 1 is 1.58 bits per heavy atom. The molecule has 3 heterocycles. The Hall–Kier alpha value is -0.950. The molecule has 3 unspecified atom stereocenters. The number of nitrogens with two attached hydrogens (primary N) is 1. The predicted molar refractivity (Wildman–Crippen MR) is 70.1 cm³/mol. The van der Waals surface area contributed by atoms with Gasteiger partial charge in [0, 0.05) is 38.4 Å². The first-order chi connectivity index (χ1) is 9.22. The highest BCUT2D eigenvalue weighted by Crippen LogP contribution is 2.40. The number of aromatic nitrogens is 2. The standard InChI is InChI=1S/C13H22N4O2/c1-17-8-11(7-15-17)12(16-14)10-2-4-19-13(6-10)3-5-18-9-13/h7-8,10,12,16H,2-6,9,14H2,1H3. The highest BCUT2D eigenvalue weighted by Gasteiger charge is 2.43. The molecule has 0 amide bonds. The van der Waals surface area contributed by atoms with E-state index in [2.05, 4.69) is 10.5 Å². The zero-order valence-corrected chi connectivity index (χ0v) is 11.3. The Balaban J connectivity index is 1.76. The third kappa shape index (κ3) is 2.53. The van der Waals surface area contributed by atoms with Crippen LogP contribution in [0.4, 0.5) is 0 Å². The zero-order valence-electron chi connectivity index (χ0n) is 11.3. The predicted octanol–water partition coefficient (Wildman–Crippen LogP) is 0.510. The van der Waals surface area contributed by atoms with Crippen molar-refractivity contribution in [3.8, 4) is 0 Å². The van der Waals surface area contributed by atoms with Crippen molar-refractivity contribution in [1.29, 1.82) is 0 Å². The summed E-state index contributed by atoms with van der Waals surface area (Å²) in [4.78, 5) is 0. The van der Waals surface area contributed by atoms with Gasteiger partial charge in [0.1, 0.15) is 0 Å². The van der Waals surface area contributed by atoms with Gasteiger partial charge in [-0.25, -0.2) is 0 Å². The van der Waals surface area contributed by atoms with Crippen LogP contribution < -0.4 is 11.3 Å². The maximum atomic E-state index is 5.98. The van der Waals surface area contributed by atoms with Crippen molar-refractivity contribution in [1.82, 2.24) is 15.2 Å². The second-order valence-corrected chi connectivity index (χ2v) is 5.68. The molecule has 3 atom stereocenters. The fraction of sp³-hybridized carbons (Fsp3) is 0.769. The first-order valence-electron chi connectivity index (χ1n) is 6.89. The van der Waals surface area contributed by atoms with Crippen molar-refractivity contribution in [2.45, 2.75) is 30.9 Å². The van der Waals surface area contributed by atoms with Gasteiger partial charge in [0.05, 0.1) is 24.4 Å². The number of ether oxygens (including phenoxy) is 2. The van der Waals surface area contributed by atoms with Crippen LogP contribution in [-0.2, 0) is 16.5 Å². The lowest BCUT2D eigenvalue weighted by Gasteiger charge is -2.40. The molecule has 0 bridgehead atoms. The second kappa shape index (κ2) is 5.20. The Bertz CT molecular complexity index is 428. The molecule has 6 nitrogen and oxygen atoms in total. The van der Waals surface area contributed by atoms with Crippen LogP contribution in [0.5, 0.6) is 0 Å². The lowest BCUT2D eigenvalue weighted by molar-refractivity contribution is -0.103. The molecule has 0 aliphatic carbocycles. The summed E-state index contributed by atoms with van der Waals surface area (Å²) in [6.45, 7) is 2.31. The topological polar surface area (TPSA) is 74.3 Å². The van der Waals surface area contributed by atoms with Crippen LogP contribution in [-0.4, -0.2) is 35.2 Å². The van der Waals surface area contributed by atoms with Crippen LogP contribution in [0.3, 0.4) is 0 Å². The molecule has 1 aromatic heterocycles. The maximum Gasteiger partial charge on any atom is 0.0940 e. The van der Waals surface area contributed by atoms with Crippen molar-refractivity contribution in [3.05, 3.63) is 18.0 Å². The summed E-state index contributed by atoms with van der Waals surface area (Å²) in [5.74, 6) is 6.24. The van der Waals surface area contributed by atoms with Crippen molar-refractivity contribution in [3.63, 3.8) is 0 Å². The lowest BCUT2D eigenvalue weighted by Crippen LogP contribution is -2.45. The molecule has 6 heteroatoms. The quantitative estimate of drug-likeness (QED) is 0.616. The fourth-order valence-electron chi connectivity index (χ4n) is 3.32. The number of hydrazine groups is 1. The number of hydrogen-bond donors (Lipinski definition) is 2. The van der Waals surface area contributed by atoms with E-state index in [0.29, 0.717) is 12.5 Å². The van der Waals surface area contributed by atoms with Crippen molar-refractivity contribution in [2.75, 3.05) is 19.8 Å². The van der Waals surface area contributed by atoms with Gasteiger partial charge >= 0.3 is 0 Å². The summed E-state index contributed by atoms with van der Waals surface area (Å²) in [6, 6.07) is 0.134. The van der Waals surface area contributed by atoms with Crippen LogP contribution in [0.15, 0.2) is 12.4 Å². The minimum atomic E-state index is -0.0831. The molecule has 0 aromatic carbocycles. The third-order valence-corrected chi connectivity index (χ3v) is 4.33. The first kappa shape index (κ1) is 13.1. The molecule has 106 valence electrons. The SMILES string of the molecule is Cn1cc(C(NN)C2CCOC3(CCOC3)C2)cn1. The van der Waals surface area contributed by atoms with Gasteiger partial charge < -0.3 is 9.47 Å². The molecule has 2 aliphatic rings. The lowest BCUT2D eigenvalue weighted by atomic mass is 9.80. The Morgan fingerprint density at radius 3 is 3.11 bits per heavy atom. The van der Waals surface area contributed by atoms with E-state index in [9.17, 15) is 0 Å². The number of hydrogen-bond acceptors (Lipinski definition) is 5. The minimum absolute atomic E-state index is 0.0831. The van der Waals surface area contributed by atoms with Gasteiger partial charge in [-0.1, -0.05) is 0 Å². The summed E-state index contributed by atoms with van der Waals surface area (Å²) in [5, 5.41) is 4.23. The molecule has 3 N–H and O–H groups in total. The van der Waals surface area contributed by atoms with Gasteiger partial charge in [-0.2, -0.15) is 5.10 Å². The summed E-state index contributed by atoms with van der Waals surface area (Å²) in [7, 11) is 1.92. The van der Waals surface area contributed by atoms with Gasteiger partial charge in [0.15, 0.2) is 0 Å². The Labute approximate surface area is 113 Å². The molecule has 0 radical (unpaired) electrons. The normalized spacial score (nSPS) is 32.8. The van der Waals surface area contributed by atoms with E-state index in [1.165, 1.54) is 0 Å². The number of aryl methyl sites for hydroxylation is 1. The van der Waals surface area contributed by atoms with E-state index in [1.807, 2.05) is 24.1 Å². The Morgan fingerprint density at radius 2 is 2.47 bits per heavy atom. The number of nitrogens with one attached hydrogen (secondary N) is 1. The van der Waals surface area contributed by atoms with Gasteiger partial charge in [0.2, 0.25) is 0 Å². The molecular weight excluding hydrogens is 244 g/mol. The van der Waals surface area contributed by atoms with E-state index >= 15 is 0 Å². The van der Waals surface area contributed by atoms with E-state index in [4.69, 9.17) is 15.3 Å². The van der Waals surface area contributed by atoms with Crippen molar-refractivity contribution in [2.24, 2.45) is 18.8 Å². The molecule has 0 saturated carbocycles. The monoisotopic (exact) mass is 266 g/mol. The highest BCUT2D eigenvalue weighted by molar-refractivity contribution is 5.12. The first-order valence-corrected chi connectivity index (χ1v) is 6.89. The summed E-state index contributed by atoms with van der Waals surface area (Å²) in [6.07, 6.45) is 6.92. The largest absolute Gasteiger partial charge is 0.378 e. The van der Waals surface area contributed by atoms with Crippen LogP contribution in [0, 0.1) is 5.92 Å². The van der Waals surface area contributed by atoms with E-state index in [0.717, 1.165) is 38.0 Å².